The van der Waals surface area contributed by atoms with Crippen molar-refractivity contribution in [3.05, 3.63) is 67.6 Å². The molecule has 0 bridgehead atoms. The third kappa shape index (κ3) is 3.38. The van der Waals surface area contributed by atoms with E-state index in [2.05, 4.69) is 26.0 Å². The van der Waals surface area contributed by atoms with Gasteiger partial charge in [0, 0.05) is 23.9 Å². The van der Waals surface area contributed by atoms with Crippen LogP contribution in [0, 0.1) is 23.0 Å². The van der Waals surface area contributed by atoms with Gasteiger partial charge in [-0.15, -0.1) is 0 Å². The summed E-state index contributed by atoms with van der Waals surface area (Å²) in [6.07, 6.45) is 1.63. The Morgan fingerprint density at radius 2 is 2.04 bits per heavy atom. The van der Waals surface area contributed by atoms with Gasteiger partial charge in [0.25, 0.3) is 0 Å². The van der Waals surface area contributed by atoms with Gasteiger partial charge in [-0.25, -0.2) is 0 Å². The van der Waals surface area contributed by atoms with Crippen molar-refractivity contribution in [1.29, 1.82) is 0 Å². The fraction of sp³-hybridized carbons (Fsp3) is 0.368. The maximum atomic E-state index is 12.4. The van der Waals surface area contributed by atoms with Gasteiger partial charge in [-0.1, -0.05) is 32.0 Å². The minimum Gasteiger partial charge on any atom is -0.301 e. The Morgan fingerprint density at radius 1 is 1.28 bits per heavy atom. The van der Waals surface area contributed by atoms with Gasteiger partial charge in [0.05, 0.1) is 17.2 Å². The number of hydrogen-bond acceptors (Lipinski definition) is 4. The lowest BCUT2D eigenvalue weighted by Crippen LogP contribution is -2.27. The fourth-order valence-electron chi connectivity index (χ4n) is 3.22. The van der Waals surface area contributed by atoms with Crippen molar-refractivity contribution >= 4 is 17.1 Å². The van der Waals surface area contributed by atoms with Crippen LogP contribution in [-0.2, 0) is 19.4 Å². The molecule has 2 heterocycles. The number of benzene rings is 1. The molecule has 0 saturated heterocycles. The molecule has 0 atom stereocenters. The number of rotatable bonds is 5. The van der Waals surface area contributed by atoms with Gasteiger partial charge < -0.3 is 4.57 Å². The maximum absolute atomic E-state index is 12.4. The van der Waals surface area contributed by atoms with Crippen LogP contribution in [0.25, 0.3) is 0 Å². The highest BCUT2D eigenvalue weighted by Gasteiger charge is 2.21. The second-order valence-electron chi connectivity index (χ2n) is 6.89. The SMILES string of the molecule is Cc1ccc([N+](=O)[O-])c(=O)n1CC1=Nc2c(cccc2CC(C)C)C1. The quantitative estimate of drug-likeness (QED) is 0.617. The highest BCUT2D eigenvalue weighted by molar-refractivity contribution is 5.94. The summed E-state index contributed by atoms with van der Waals surface area (Å²) in [6.45, 7) is 6.40. The van der Waals surface area contributed by atoms with Gasteiger partial charge in [-0.2, -0.15) is 0 Å². The predicted molar refractivity (Wildman–Crippen MR) is 97.9 cm³/mol. The molecular formula is C19H21N3O3. The Hall–Kier alpha value is -2.76. The molecule has 0 amide bonds. The van der Waals surface area contributed by atoms with Crippen molar-refractivity contribution in [2.45, 2.75) is 40.2 Å². The molecule has 1 aromatic carbocycles. The summed E-state index contributed by atoms with van der Waals surface area (Å²) < 4.78 is 1.44. The average molecular weight is 339 g/mol. The molecule has 6 nitrogen and oxygen atoms in total. The molecule has 1 aliphatic rings. The molecule has 0 saturated carbocycles. The molecular weight excluding hydrogens is 318 g/mol. The Morgan fingerprint density at radius 3 is 2.72 bits per heavy atom. The summed E-state index contributed by atoms with van der Waals surface area (Å²) in [4.78, 5) is 27.5. The van der Waals surface area contributed by atoms with Gasteiger partial charge in [0.1, 0.15) is 0 Å². The van der Waals surface area contributed by atoms with E-state index in [9.17, 15) is 14.9 Å². The Kier molecular flexibility index (Phi) is 4.53. The number of pyridine rings is 1. The molecule has 3 rings (SSSR count). The lowest BCUT2D eigenvalue weighted by atomic mass is 9.98. The summed E-state index contributed by atoms with van der Waals surface area (Å²) in [5.41, 5.74) is 3.94. The van der Waals surface area contributed by atoms with Gasteiger partial charge in [-0.05, 0) is 36.5 Å². The molecule has 1 aromatic heterocycles. The standard InChI is InChI=1S/C19H21N3O3/c1-12(2)9-14-5-4-6-15-10-16(20-18(14)15)11-21-13(3)7-8-17(19(21)23)22(24)25/h4-8,12H,9-11H2,1-3H3. The Labute approximate surface area is 146 Å². The first-order valence-electron chi connectivity index (χ1n) is 8.39. The lowest BCUT2D eigenvalue weighted by molar-refractivity contribution is -0.386. The Balaban J connectivity index is 1.94. The first kappa shape index (κ1) is 17.1. The van der Waals surface area contributed by atoms with Crippen LogP contribution in [0.3, 0.4) is 0 Å². The maximum Gasteiger partial charge on any atom is 0.334 e. The highest BCUT2D eigenvalue weighted by atomic mass is 16.6. The average Bonchev–Trinajstić information content (AvgIpc) is 2.94. The molecule has 6 heteroatoms. The van der Waals surface area contributed by atoms with Gasteiger partial charge in [0.2, 0.25) is 0 Å². The van der Waals surface area contributed by atoms with Crippen LogP contribution in [-0.4, -0.2) is 15.2 Å². The molecule has 130 valence electrons. The number of aromatic nitrogens is 1. The van der Waals surface area contributed by atoms with Crippen LogP contribution < -0.4 is 5.56 Å². The van der Waals surface area contributed by atoms with Crippen molar-refractivity contribution in [2.24, 2.45) is 10.9 Å². The largest absolute Gasteiger partial charge is 0.334 e. The van der Waals surface area contributed by atoms with Crippen molar-refractivity contribution < 1.29 is 4.92 Å². The second kappa shape index (κ2) is 6.63. The zero-order valence-electron chi connectivity index (χ0n) is 14.7. The molecule has 0 radical (unpaired) electrons. The third-order valence-electron chi connectivity index (χ3n) is 4.41. The van der Waals surface area contributed by atoms with E-state index < -0.39 is 16.2 Å². The van der Waals surface area contributed by atoms with Gasteiger partial charge in [0.15, 0.2) is 0 Å². The zero-order chi connectivity index (χ0) is 18.1. The monoisotopic (exact) mass is 339 g/mol. The summed E-state index contributed by atoms with van der Waals surface area (Å²) >= 11 is 0. The van der Waals surface area contributed by atoms with E-state index in [1.807, 2.05) is 6.07 Å². The molecule has 0 unspecified atom stereocenters. The number of fused-ring (bicyclic) bond motifs is 1. The number of para-hydroxylation sites is 1. The summed E-state index contributed by atoms with van der Waals surface area (Å²) in [5, 5.41) is 11.0. The number of nitrogens with zero attached hydrogens (tertiary/aromatic N) is 3. The van der Waals surface area contributed by atoms with Crippen molar-refractivity contribution in [1.82, 2.24) is 4.57 Å². The van der Waals surface area contributed by atoms with E-state index >= 15 is 0 Å². The van der Waals surface area contributed by atoms with E-state index in [1.54, 1.807) is 13.0 Å². The van der Waals surface area contributed by atoms with Crippen LogP contribution >= 0.6 is 0 Å². The molecule has 0 spiro atoms. The first-order chi connectivity index (χ1) is 11.9. The molecule has 2 aromatic rings. The van der Waals surface area contributed by atoms with E-state index in [4.69, 9.17) is 4.99 Å². The number of nitro groups is 1. The minimum absolute atomic E-state index is 0.280. The van der Waals surface area contributed by atoms with Crippen molar-refractivity contribution in [2.75, 3.05) is 0 Å². The van der Waals surface area contributed by atoms with E-state index in [-0.39, 0.29) is 6.54 Å². The van der Waals surface area contributed by atoms with Crippen molar-refractivity contribution in [3.8, 4) is 0 Å². The normalized spacial score (nSPS) is 13.0. The van der Waals surface area contributed by atoms with E-state index in [1.165, 1.54) is 16.2 Å². The predicted octanol–water partition coefficient (Wildman–Crippen LogP) is 3.59. The molecule has 1 aliphatic heterocycles. The summed E-state index contributed by atoms with van der Waals surface area (Å²) in [7, 11) is 0. The topological polar surface area (TPSA) is 77.5 Å². The fourth-order valence-corrected chi connectivity index (χ4v) is 3.22. The molecule has 0 aliphatic carbocycles. The minimum atomic E-state index is -0.635. The summed E-state index contributed by atoms with van der Waals surface area (Å²) in [6, 6.07) is 9.06. The van der Waals surface area contributed by atoms with Crippen LogP contribution in [0.4, 0.5) is 11.4 Å². The van der Waals surface area contributed by atoms with Crippen LogP contribution in [0.2, 0.25) is 0 Å². The van der Waals surface area contributed by atoms with E-state index in [0.717, 1.165) is 23.4 Å². The van der Waals surface area contributed by atoms with Crippen LogP contribution in [0.1, 0.15) is 30.7 Å². The second-order valence-corrected chi connectivity index (χ2v) is 6.89. The summed E-state index contributed by atoms with van der Waals surface area (Å²) in [5.74, 6) is 0.535. The number of aryl methyl sites for hydroxylation is 1. The van der Waals surface area contributed by atoms with Crippen LogP contribution in [0.5, 0.6) is 0 Å². The van der Waals surface area contributed by atoms with Crippen LogP contribution in [0.15, 0.2) is 40.1 Å². The molecule has 0 fully saturated rings. The molecule has 0 N–H and O–H groups in total. The van der Waals surface area contributed by atoms with Gasteiger partial charge in [-0.3, -0.25) is 19.9 Å². The Bertz CT molecular complexity index is 926. The number of hydrogen-bond donors (Lipinski definition) is 0. The third-order valence-corrected chi connectivity index (χ3v) is 4.41. The van der Waals surface area contributed by atoms with E-state index in [0.29, 0.717) is 18.0 Å². The number of aliphatic imine (C=N–C) groups is 1. The highest BCUT2D eigenvalue weighted by Crippen LogP contribution is 2.32. The smallest absolute Gasteiger partial charge is 0.301 e. The molecule has 25 heavy (non-hydrogen) atoms. The first-order valence-corrected chi connectivity index (χ1v) is 8.39. The van der Waals surface area contributed by atoms with Gasteiger partial charge >= 0.3 is 11.2 Å². The van der Waals surface area contributed by atoms with Crippen molar-refractivity contribution in [3.63, 3.8) is 0 Å². The lowest BCUT2D eigenvalue weighted by Gasteiger charge is -2.09. The zero-order valence-corrected chi connectivity index (χ0v) is 14.7.